The predicted molar refractivity (Wildman–Crippen MR) is 66.3 cm³/mol. The summed E-state index contributed by atoms with van der Waals surface area (Å²) in [6.07, 6.45) is 3.06. The van der Waals surface area contributed by atoms with Crippen LogP contribution in [-0.4, -0.2) is 12.5 Å². The van der Waals surface area contributed by atoms with Crippen LogP contribution in [0.5, 0.6) is 0 Å². The third kappa shape index (κ3) is 1.33. The first-order valence-electron chi connectivity index (χ1n) is 4.20. The summed E-state index contributed by atoms with van der Waals surface area (Å²) in [5, 5.41) is 0. The van der Waals surface area contributed by atoms with Crippen molar-refractivity contribution in [2.75, 3.05) is 6.26 Å². The monoisotopic (exact) mass is 242 g/mol. The molecule has 0 amide bonds. The van der Waals surface area contributed by atoms with Gasteiger partial charge in [-0.1, -0.05) is 0 Å². The largest absolute Gasteiger partial charge is 0.297 e. The maximum absolute atomic E-state index is 10.8. The van der Waals surface area contributed by atoms with Gasteiger partial charge in [-0.05, 0) is 31.2 Å². The molecule has 0 spiro atoms. The van der Waals surface area contributed by atoms with E-state index in [0.717, 1.165) is 16.7 Å². The Morgan fingerprint density at radius 3 is 2.29 bits per heavy atom. The Morgan fingerprint density at radius 1 is 1.14 bits per heavy atom. The van der Waals surface area contributed by atoms with Crippen LogP contribution in [0.1, 0.15) is 20.8 Å². The first-order valence-corrected chi connectivity index (χ1v) is 7.06. The molecule has 0 aromatic carbocycles. The number of rotatable bonds is 2. The molecule has 0 saturated carbocycles. The normalized spacial score (nSPS) is 11.1. The smallest absolute Gasteiger partial charge is 0.160 e. The first-order chi connectivity index (χ1) is 6.69. The lowest BCUT2D eigenvalue weighted by molar-refractivity contribution is 0.112. The van der Waals surface area contributed by atoms with Crippen molar-refractivity contribution < 1.29 is 4.79 Å². The van der Waals surface area contributed by atoms with E-state index in [2.05, 4.69) is 13.2 Å². The first kappa shape index (κ1) is 10.2. The lowest BCUT2D eigenvalue weighted by Crippen LogP contribution is -1.73. The number of hydrogen-bond donors (Lipinski definition) is 0. The lowest BCUT2D eigenvalue weighted by atomic mass is 10.2. The SMILES string of the molecule is CSc1sc2c(C)c(C=O)sc2c1C. The minimum absolute atomic E-state index is 0.877. The Bertz CT molecular complexity index is 493. The van der Waals surface area contributed by atoms with Gasteiger partial charge in [0, 0.05) is 0 Å². The molecule has 0 aliphatic rings. The molecule has 0 N–H and O–H groups in total. The fourth-order valence-corrected chi connectivity index (χ4v) is 4.86. The van der Waals surface area contributed by atoms with Crippen molar-refractivity contribution in [1.82, 2.24) is 0 Å². The van der Waals surface area contributed by atoms with Gasteiger partial charge in [-0.25, -0.2) is 0 Å². The second kappa shape index (κ2) is 3.68. The molecule has 4 heteroatoms. The summed E-state index contributed by atoms with van der Waals surface area (Å²) in [5.41, 5.74) is 2.48. The molecule has 2 heterocycles. The van der Waals surface area contributed by atoms with Crippen molar-refractivity contribution in [3.05, 3.63) is 16.0 Å². The molecule has 74 valence electrons. The van der Waals surface area contributed by atoms with Gasteiger partial charge in [0.05, 0.1) is 18.5 Å². The number of carbonyl (C=O) groups excluding carboxylic acids is 1. The molecule has 0 aliphatic heterocycles. The van der Waals surface area contributed by atoms with Crippen molar-refractivity contribution >= 4 is 50.1 Å². The van der Waals surface area contributed by atoms with Crippen molar-refractivity contribution in [3.63, 3.8) is 0 Å². The predicted octanol–water partition coefficient (Wildman–Crippen LogP) is 4.11. The van der Waals surface area contributed by atoms with E-state index in [-0.39, 0.29) is 0 Å². The molecule has 0 saturated heterocycles. The second-order valence-corrected chi connectivity index (χ2v) is 6.23. The number of fused-ring (bicyclic) bond motifs is 1. The summed E-state index contributed by atoms with van der Waals surface area (Å²) in [6.45, 7) is 4.16. The van der Waals surface area contributed by atoms with Gasteiger partial charge in [-0.3, -0.25) is 4.79 Å². The number of thioether (sulfide) groups is 1. The molecular weight excluding hydrogens is 232 g/mol. The highest BCUT2D eigenvalue weighted by Crippen LogP contribution is 2.43. The lowest BCUT2D eigenvalue weighted by Gasteiger charge is -1.90. The highest BCUT2D eigenvalue weighted by Gasteiger charge is 2.15. The zero-order valence-corrected chi connectivity index (χ0v) is 10.7. The number of hydrogen-bond acceptors (Lipinski definition) is 4. The van der Waals surface area contributed by atoms with Gasteiger partial charge in [0.2, 0.25) is 0 Å². The Labute approximate surface area is 95.1 Å². The topological polar surface area (TPSA) is 17.1 Å². The Morgan fingerprint density at radius 2 is 1.79 bits per heavy atom. The third-order valence-corrected chi connectivity index (χ3v) is 6.36. The van der Waals surface area contributed by atoms with E-state index < -0.39 is 0 Å². The molecule has 1 nitrogen and oxygen atoms in total. The maximum atomic E-state index is 10.8. The van der Waals surface area contributed by atoms with E-state index in [4.69, 9.17) is 0 Å². The van der Waals surface area contributed by atoms with E-state index in [1.54, 1.807) is 34.4 Å². The Hall–Kier alpha value is -0.320. The maximum Gasteiger partial charge on any atom is 0.160 e. The number of carbonyl (C=O) groups is 1. The fourth-order valence-electron chi connectivity index (χ4n) is 1.45. The third-order valence-electron chi connectivity index (χ3n) is 2.26. The van der Waals surface area contributed by atoms with E-state index in [9.17, 15) is 4.79 Å². The summed E-state index contributed by atoms with van der Waals surface area (Å²) in [6, 6.07) is 0. The average molecular weight is 242 g/mol. The Kier molecular flexibility index (Phi) is 2.68. The average Bonchev–Trinajstić information content (AvgIpc) is 2.66. The molecule has 0 unspecified atom stereocenters. The molecule has 14 heavy (non-hydrogen) atoms. The molecule has 0 atom stereocenters. The van der Waals surface area contributed by atoms with Gasteiger partial charge in [0.25, 0.3) is 0 Å². The zero-order valence-electron chi connectivity index (χ0n) is 8.21. The Balaban J connectivity index is 2.78. The van der Waals surface area contributed by atoms with Crippen LogP contribution < -0.4 is 0 Å². The van der Waals surface area contributed by atoms with Crippen LogP contribution in [0.3, 0.4) is 0 Å². The molecular formula is C10H10OS3. The van der Waals surface area contributed by atoms with Gasteiger partial charge in [0.15, 0.2) is 6.29 Å². The number of thiophene rings is 2. The number of aldehydes is 1. The quantitative estimate of drug-likeness (QED) is 0.582. The second-order valence-electron chi connectivity index (χ2n) is 3.09. The fraction of sp³-hybridized carbons (Fsp3) is 0.300. The van der Waals surface area contributed by atoms with Crippen LogP contribution in [0.15, 0.2) is 4.21 Å². The minimum atomic E-state index is 0.877. The van der Waals surface area contributed by atoms with Gasteiger partial charge in [0.1, 0.15) is 0 Å². The van der Waals surface area contributed by atoms with Gasteiger partial charge >= 0.3 is 0 Å². The summed E-state index contributed by atoms with van der Waals surface area (Å²) in [5.74, 6) is 0. The molecule has 0 radical (unpaired) electrons. The molecule has 0 fully saturated rings. The van der Waals surface area contributed by atoms with Gasteiger partial charge in [-0.15, -0.1) is 34.4 Å². The highest BCUT2D eigenvalue weighted by atomic mass is 32.2. The van der Waals surface area contributed by atoms with E-state index in [0.29, 0.717) is 0 Å². The molecule has 0 aliphatic carbocycles. The van der Waals surface area contributed by atoms with Gasteiger partial charge < -0.3 is 0 Å². The van der Waals surface area contributed by atoms with E-state index in [1.807, 2.05) is 6.92 Å². The van der Waals surface area contributed by atoms with Crippen LogP contribution in [0.4, 0.5) is 0 Å². The summed E-state index contributed by atoms with van der Waals surface area (Å²) in [7, 11) is 0. The van der Waals surface area contributed by atoms with Crippen molar-refractivity contribution in [3.8, 4) is 0 Å². The molecule has 2 aromatic heterocycles. The molecule has 2 aromatic rings. The zero-order chi connectivity index (χ0) is 10.3. The van der Waals surface area contributed by atoms with E-state index in [1.165, 1.54) is 19.2 Å². The molecule has 0 bridgehead atoms. The van der Waals surface area contributed by atoms with E-state index >= 15 is 0 Å². The van der Waals surface area contributed by atoms with Gasteiger partial charge in [-0.2, -0.15) is 0 Å². The number of aryl methyl sites for hydroxylation is 2. The minimum Gasteiger partial charge on any atom is -0.297 e. The van der Waals surface area contributed by atoms with Crippen LogP contribution in [-0.2, 0) is 0 Å². The summed E-state index contributed by atoms with van der Waals surface area (Å²) in [4.78, 5) is 11.6. The highest BCUT2D eigenvalue weighted by molar-refractivity contribution is 8.00. The van der Waals surface area contributed by atoms with Crippen LogP contribution >= 0.6 is 34.4 Å². The van der Waals surface area contributed by atoms with Crippen LogP contribution in [0, 0.1) is 13.8 Å². The summed E-state index contributed by atoms with van der Waals surface area (Å²) < 4.78 is 3.95. The molecule has 2 rings (SSSR count). The van der Waals surface area contributed by atoms with Crippen molar-refractivity contribution in [1.29, 1.82) is 0 Å². The van der Waals surface area contributed by atoms with Crippen LogP contribution in [0.25, 0.3) is 9.40 Å². The van der Waals surface area contributed by atoms with Crippen LogP contribution in [0.2, 0.25) is 0 Å². The standard InChI is InChI=1S/C10H10OS3/c1-5-7(4-11)13-9-6(2)10(12-3)14-8(5)9/h4H,1-3H3. The van der Waals surface area contributed by atoms with Crippen molar-refractivity contribution in [2.24, 2.45) is 0 Å². The van der Waals surface area contributed by atoms with Crippen molar-refractivity contribution in [2.45, 2.75) is 18.1 Å². The summed E-state index contributed by atoms with van der Waals surface area (Å²) >= 11 is 5.20.